The summed E-state index contributed by atoms with van der Waals surface area (Å²) < 4.78 is 7.81. The average molecular weight is 333 g/mol. The summed E-state index contributed by atoms with van der Waals surface area (Å²) in [5, 5.41) is 0. The SMILES string of the molecule is COc1ccc(Cn2c(=O)[nH]c3ccc(Br)cc32)cc1. The number of rotatable bonds is 3. The fraction of sp³-hybridized carbons (Fsp3) is 0.133. The van der Waals surface area contributed by atoms with E-state index < -0.39 is 0 Å². The van der Waals surface area contributed by atoms with Gasteiger partial charge in [0.15, 0.2) is 0 Å². The molecule has 3 aromatic rings. The van der Waals surface area contributed by atoms with Crippen LogP contribution in [0.3, 0.4) is 0 Å². The maximum absolute atomic E-state index is 12.0. The Hall–Kier alpha value is -2.01. The highest BCUT2D eigenvalue weighted by Crippen LogP contribution is 2.19. The van der Waals surface area contributed by atoms with Gasteiger partial charge in [-0.2, -0.15) is 0 Å². The first kappa shape index (κ1) is 13.0. The molecule has 0 amide bonds. The Bertz CT molecular complexity index is 803. The first-order valence-electron chi connectivity index (χ1n) is 6.18. The summed E-state index contributed by atoms with van der Waals surface area (Å²) in [6.45, 7) is 0.527. The van der Waals surface area contributed by atoms with Gasteiger partial charge in [0, 0.05) is 4.47 Å². The van der Waals surface area contributed by atoms with Crippen molar-refractivity contribution in [1.82, 2.24) is 9.55 Å². The first-order chi connectivity index (χ1) is 9.67. The molecule has 0 spiro atoms. The van der Waals surface area contributed by atoms with E-state index in [9.17, 15) is 4.79 Å². The highest BCUT2D eigenvalue weighted by Gasteiger charge is 2.07. The summed E-state index contributed by atoms with van der Waals surface area (Å²) in [7, 11) is 1.64. The fourth-order valence-corrected chi connectivity index (χ4v) is 2.55. The molecule has 0 radical (unpaired) electrons. The summed E-state index contributed by atoms with van der Waals surface area (Å²) in [5.74, 6) is 0.808. The van der Waals surface area contributed by atoms with Gasteiger partial charge < -0.3 is 9.72 Å². The number of benzene rings is 2. The number of aromatic amines is 1. The van der Waals surface area contributed by atoms with Gasteiger partial charge in [-0.3, -0.25) is 4.57 Å². The minimum Gasteiger partial charge on any atom is -0.497 e. The predicted molar refractivity (Wildman–Crippen MR) is 82.4 cm³/mol. The molecule has 5 heteroatoms. The van der Waals surface area contributed by atoms with Gasteiger partial charge in [0.1, 0.15) is 5.75 Å². The van der Waals surface area contributed by atoms with Gasteiger partial charge in [0.2, 0.25) is 0 Å². The molecule has 4 nitrogen and oxygen atoms in total. The van der Waals surface area contributed by atoms with E-state index in [1.54, 1.807) is 11.7 Å². The van der Waals surface area contributed by atoms with E-state index in [0.717, 1.165) is 26.8 Å². The molecule has 1 N–H and O–H groups in total. The molecule has 0 aliphatic carbocycles. The van der Waals surface area contributed by atoms with Crippen LogP contribution in [0.1, 0.15) is 5.56 Å². The molecule has 0 saturated carbocycles. The predicted octanol–water partition coefficient (Wildman–Crippen LogP) is 3.15. The number of fused-ring (bicyclic) bond motifs is 1. The van der Waals surface area contributed by atoms with Crippen molar-refractivity contribution in [3.63, 3.8) is 0 Å². The molecule has 102 valence electrons. The second-order valence-electron chi connectivity index (χ2n) is 4.53. The molecule has 0 unspecified atom stereocenters. The minimum absolute atomic E-state index is 0.103. The van der Waals surface area contributed by atoms with Crippen molar-refractivity contribution in [2.24, 2.45) is 0 Å². The minimum atomic E-state index is -0.103. The van der Waals surface area contributed by atoms with Crippen LogP contribution < -0.4 is 10.4 Å². The van der Waals surface area contributed by atoms with Gasteiger partial charge in [-0.05, 0) is 35.9 Å². The summed E-state index contributed by atoms with van der Waals surface area (Å²) in [4.78, 5) is 14.9. The Balaban J connectivity index is 2.03. The van der Waals surface area contributed by atoms with Crippen LogP contribution in [0.2, 0.25) is 0 Å². The highest BCUT2D eigenvalue weighted by molar-refractivity contribution is 9.10. The maximum atomic E-state index is 12.0. The number of methoxy groups -OCH3 is 1. The largest absolute Gasteiger partial charge is 0.497 e. The average Bonchev–Trinajstić information content (AvgIpc) is 2.76. The van der Waals surface area contributed by atoms with Crippen LogP contribution >= 0.6 is 15.9 Å². The van der Waals surface area contributed by atoms with Gasteiger partial charge >= 0.3 is 5.69 Å². The van der Waals surface area contributed by atoms with E-state index in [2.05, 4.69) is 20.9 Å². The molecule has 1 aromatic heterocycles. The molecule has 1 heterocycles. The lowest BCUT2D eigenvalue weighted by molar-refractivity contribution is 0.414. The molecular weight excluding hydrogens is 320 g/mol. The van der Waals surface area contributed by atoms with E-state index in [0.29, 0.717) is 6.54 Å². The Morgan fingerprint density at radius 1 is 1.20 bits per heavy atom. The molecule has 0 atom stereocenters. The maximum Gasteiger partial charge on any atom is 0.326 e. The standard InChI is InChI=1S/C15H13BrN2O2/c1-20-12-5-2-10(3-6-12)9-18-14-8-11(16)4-7-13(14)17-15(18)19/h2-8H,9H2,1H3,(H,17,19). The zero-order valence-electron chi connectivity index (χ0n) is 10.9. The Kier molecular flexibility index (Phi) is 3.36. The normalized spacial score (nSPS) is 10.9. The van der Waals surface area contributed by atoms with Gasteiger partial charge in [-0.1, -0.05) is 28.1 Å². The molecule has 0 aliphatic heterocycles. The second-order valence-corrected chi connectivity index (χ2v) is 5.44. The van der Waals surface area contributed by atoms with Crippen LogP contribution in [0.25, 0.3) is 11.0 Å². The number of aromatic nitrogens is 2. The van der Waals surface area contributed by atoms with Crippen LogP contribution in [0.4, 0.5) is 0 Å². The number of halogens is 1. The van der Waals surface area contributed by atoms with Crippen molar-refractivity contribution >= 4 is 27.0 Å². The van der Waals surface area contributed by atoms with E-state index >= 15 is 0 Å². The van der Waals surface area contributed by atoms with E-state index in [-0.39, 0.29) is 5.69 Å². The topological polar surface area (TPSA) is 47.0 Å². The van der Waals surface area contributed by atoms with Gasteiger partial charge in [-0.25, -0.2) is 4.79 Å². The smallest absolute Gasteiger partial charge is 0.326 e. The van der Waals surface area contributed by atoms with Gasteiger partial charge in [0.25, 0.3) is 0 Å². The first-order valence-corrected chi connectivity index (χ1v) is 6.97. The number of imidazole rings is 1. The lowest BCUT2D eigenvalue weighted by Crippen LogP contribution is -2.17. The van der Waals surface area contributed by atoms with E-state index in [4.69, 9.17) is 4.74 Å². The third kappa shape index (κ3) is 2.36. The summed E-state index contributed by atoms with van der Waals surface area (Å²) >= 11 is 3.43. The summed E-state index contributed by atoms with van der Waals surface area (Å²) in [6.07, 6.45) is 0. The van der Waals surface area contributed by atoms with Gasteiger partial charge in [0.05, 0.1) is 24.7 Å². The third-order valence-electron chi connectivity index (χ3n) is 3.24. The van der Waals surface area contributed by atoms with Crippen LogP contribution in [-0.2, 0) is 6.54 Å². The number of ether oxygens (including phenoxy) is 1. The van der Waals surface area contributed by atoms with Crippen LogP contribution in [0, 0.1) is 0 Å². The van der Waals surface area contributed by atoms with E-state index in [1.807, 2.05) is 42.5 Å². The lowest BCUT2D eigenvalue weighted by Gasteiger charge is -2.05. The van der Waals surface area contributed by atoms with Crippen molar-refractivity contribution < 1.29 is 4.74 Å². The monoisotopic (exact) mass is 332 g/mol. The van der Waals surface area contributed by atoms with Crippen LogP contribution in [0.5, 0.6) is 5.75 Å². The number of hydrogen-bond acceptors (Lipinski definition) is 2. The second kappa shape index (κ2) is 5.17. The zero-order valence-corrected chi connectivity index (χ0v) is 12.5. The van der Waals surface area contributed by atoms with Crippen molar-refractivity contribution in [3.8, 4) is 5.75 Å². The van der Waals surface area contributed by atoms with Gasteiger partial charge in [-0.15, -0.1) is 0 Å². The lowest BCUT2D eigenvalue weighted by atomic mass is 10.2. The molecule has 2 aromatic carbocycles. The van der Waals surface area contributed by atoms with E-state index in [1.165, 1.54) is 0 Å². The molecule has 3 rings (SSSR count). The Labute approximate surface area is 124 Å². The molecular formula is C15H13BrN2O2. The van der Waals surface area contributed by atoms with Crippen molar-refractivity contribution in [3.05, 3.63) is 63.0 Å². The third-order valence-corrected chi connectivity index (χ3v) is 3.73. The number of nitrogens with zero attached hydrogens (tertiary/aromatic N) is 1. The number of hydrogen-bond donors (Lipinski definition) is 1. The number of nitrogens with one attached hydrogen (secondary N) is 1. The number of H-pyrrole nitrogens is 1. The molecule has 0 fully saturated rings. The summed E-state index contributed by atoms with van der Waals surface area (Å²) in [5.41, 5.74) is 2.68. The van der Waals surface area contributed by atoms with Crippen molar-refractivity contribution in [2.45, 2.75) is 6.54 Å². The molecule has 0 aliphatic rings. The summed E-state index contributed by atoms with van der Waals surface area (Å²) in [6, 6.07) is 13.5. The highest BCUT2D eigenvalue weighted by atomic mass is 79.9. The molecule has 0 saturated heterocycles. The van der Waals surface area contributed by atoms with Crippen LogP contribution in [-0.4, -0.2) is 16.7 Å². The van der Waals surface area contributed by atoms with Crippen molar-refractivity contribution in [1.29, 1.82) is 0 Å². The molecule has 0 bridgehead atoms. The quantitative estimate of drug-likeness (QED) is 0.800. The fourth-order valence-electron chi connectivity index (χ4n) is 2.20. The van der Waals surface area contributed by atoms with Crippen LogP contribution in [0.15, 0.2) is 51.7 Å². The molecule has 20 heavy (non-hydrogen) atoms. The Morgan fingerprint density at radius 3 is 2.65 bits per heavy atom. The van der Waals surface area contributed by atoms with Crippen molar-refractivity contribution in [2.75, 3.05) is 7.11 Å². The zero-order chi connectivity index (χ0) is 14.1. The Morgan fingerprint density at radius 2 is 1.95 bits per heavy atom.